The molecule has 0 radical (unpaired) electrons. The van der Waals surface area contributed by atoms with Crippen LogP contribution in [0.1, 0.15) is 42.5 Å². The van der Waals surface area contributed by atoms with Gasteiger partial charge in [0.2, 0.25) is 0 Å². The van der Waals surface area contributed by atoms with Crippen LogP contribution in [0.3, 0.4) is 0 Å². The molecule has 0 amide bonds. The molecule has 2 aromatic carbocycles. The third kappa shape index (κ3) is 6.25. The molecule has 37 heavy (non-hydrogen) atoms. The minimum atomic E-state index is -0.467. The van der Waals surface area contributed by atoms with Crippen LogP contribution in [0.5, 0.6) is 11.5 Å². The van der Waals surface area contributed by atoms with Crippen LogP contribution in [-0.2, 0) is 23.7 Å². The Balaban J connectivity index is 1.47. The van der Waals surface area contributed by atoms with Gasteiger partial charge in [-0.3, -0.25) is 4.79 Å². The van der Waals surface area contributed by atoms with Gasteiger partial charge in [0, 0.05) is 13.0 Å². The smallest absolute Gasteiger partial charge is 0.338 e. The van der Waals surface area contributed by atoms with Crippen molar-refractivity contribution in [2.75, 3.05) is 34.5 Å². The fourth-order valence-corrected chi connectivity index (χ4v) is 5.91. The van der Waals surface area contributed by atoms with E-state index in [-0.39, 0.29) is 36.3 Å². The highest BCUT2D eigenvalue weighted by Crippen LogP contribution is 2.57. The summed E-state index contributed by atoms with van der Waals surface area (Å²) in [5.41, 5.74) is 0.0472. The summed E-state index contributed by atoms with van der Waals surface area (Å²) in [6.07, 6.45) is 2.08. The van der Waals surface area contributed by atoms with E-state index >= 15 is 0 Å². The van der Waals surface area contributed by atoms with Crippen LogP contribution in [0.25, 0.3) is 0 Å². The molecular weight excluding hydrogens is 476 g/mol. The predicted octanol–water partition coefficient (Wildman–Crippen LogP) is 4.66. The number of fused-ring (bicyclic) bond motifs is 1. The minimum Gasteiger partial charge on any atom is -0.497 e. The van der Waals surface area contributed by atoms with Crippen LogP contribution in [0, 0.1) is 17.3 Å². The molecule has 0 unspecified atom stereocenters. The summed E-state index contributed by atoms with van der Waals surface area (Å²) < 4.78 is 34.0. The maximum atomic E-state index is 12.8. The van der Waals surface area contributed by atoms with Gasteiger partial charge >= 0.3 is 11.9 Å². The van der Waals surface area contributed by atoms with Crippen LogP contribution >= 0.6 is 0 Å². The number of carbonyl (C=O) groups excluding carboxylic acids is 2. The zero-order chi connectivity index (χ0) is 26.3. The van der Waals surface area contributed by atoms with E-state index in [1.807, 2.05) is 42.5 Å². The van der Waals surface area contributed by atoms with E-state index in [1.54, 1.807) is 26.4 Å². The van der Waals surface area contributed by atoms with Crippen molar-refractivity contribution in [1.82, 2.24) is 0 Å². The van der Waals surface area contributed by atoms with E-state index in [2.05, 4.69) is 0 Å². The molecule has 200 valence electrons. The van der Waals surface area contributed by atoms with Crippen LogP contribution in [0.2, 0.25) is 0 Å². The number of hydrogen-bond donors (Lipinski definition) is 0. The van der Waals surface area contributed by atoms with Gasteiger partial charge in [-0.15, -0.1) is 0 Å². The molecule has 0 N–H and O–H groups in total. The van der Waals surface area contributed by atoms with Gasteiger partial charge in [-0.1, -0.05) is 18.2 Å². The lowest BCUT2D eigenvalue weighted by Gasteiger charge is -2.48. The second-order valence-electron chi connectivity index (χ2n) is 9.73. The van der Waals surface area contributed by atoms with Crippen molar-refractivity contribution in [2.24, 2.45) is 17.3 Å². The van der Waals surface area contributed by atoms with Crippen molar-refractivity contribution in [2.45, 2.75) is 44.5 Å². The van der Waals surface area contributed by atoms with Gasteiger partial charge in [-0.25, -0.2) is 4.79 Å². The first kappa shape index (κ1) is 26.9. The molecule has 8 nitrogen and oxygen atoms in total. The van der Waals surface area contributed by atoms with E-state index in [9.17, 15) is 9.59 Å². The molecule has 1 saturated carbocycles. The summed E-state index contributed by atoms with van der Waals surface area (Å²) in [4.78, 5) is 25.4. The minimum absolute atomic E-state index is 0.0408. The summed E-state index contributed by atoms with van der Waals surface area (Å²) in [7, 11) is 4.65. The SMILES string of the molecule is COC(=O)C[C@@]12C[C@@H](OC(=O)c3ccccc3)C[C@@H]1CO[C@H](OC)[C@@H]2CCCOc1ccc(OC)cc1. The first-order chi connectivity index (χ1) is 18.0. The van der Waals surface area contributed by atoms with Gasteiger partial charge in [0.15, 0.2) is 6.29 Å². The molecule has 4 rings (SSSR count). The van der Waals surface area contributed by atoms with Crippen LogP contribution in [0.15, 0.2) is 54.6 Å². The Morgan fingerprint density at radius 2 is 1.73 bits per heavy atom. The molecule has 1 saturated heterocycles. The van der Waals surface area contributed by atoms with E-state index in [1.165, 1.54) is 7.11 Å². The molecule has 8 heteroatoms. The van der Waals surface area contributed by atoms with Crippen molar-refractivity contribution >= 4 is 11.9 Å². The molecule has 1 heterocycles. The molecule has 2 aliphatic rings. The maximum Gasteiger partial charge on any atom is 0.338 e. The molecule has 2 fully saturated rings. The molecule has 0 spiro atoms. The number of benzene rings is 2. The van der Waals surface area contributed by atoms with Crippen LogP contribution in [0.4, 0.5) is 0 Å². The highest BCUT2D eigenvalue weighted by atomic mass is 16.7. The quantitative estimate of drug-likeness (QED) is 0.317. The second-order valence-corrected chi connectivity index (χ2v) is 9.73. The highest BCUT2D eigenvalue weighted by Gasteiger charge is 2.59. The molecule has 1 aliphatic heterocycles. The largest absolute Gasteiger partial charge is 0.497 e. The first-order valence-electron chi connectivity index (χ1n) is 12.7. The molecule has 0 bridgehead atoms. The normalized spacial score (nSPS) is 26.7. The molecule has 0 aromatic heterocycles. The van der Waals surface area contributed by atoms with E-state index in [0.29, 0.717) is 31.6 Å². The molecule has 1 aliphatic carbocycles. The second kappa shape index (κ2) is 12.4. The summed E-state index contributed by atoms with van der Waals surface area (Å²) in [5, 5.41) is 0. The number of hydrogen-bond acceptors (Lipinski definition) is 8. The Bertz CT molecular complexity index is 1020. The Kier molecular flexibility index (Phi) is 9.05. The van der Waals surface area contributed by atoms with Crippen molar-refractivity contribution < 1.29 is 38.0 Å². The number of carbonyl (C=O) groups is 2. The number of esters is 2. The summed E-state index contributed by atoms with van der Waals surface area (Å²) >= 11 is 0. The van der Waals surface area contributed by atoms with Gasteiger partial charge < -0.3 is 28.4 Å². The Morgan fingerprint density at radius 3 is 2.41 bits per heavy atom. The average molecular weight is 513 g/mol. The maximum absolute atomic E-state index is 12.8. The molecular formula is C29H36O8. The van der Waals surface area contributed by atoms with Gasteiger partial charge in [-0.05, 0) is 73.4 Å². The number of methoxy groups -OCH3 is 3. The molecule has 2 aromatic rings. The monoisotopic (exact) mass is 512 g/mol. The van der Waals surface area contributed by atoms with Crippen molar-refractivity contribution in [3.63, 3.8) is 0 Å². The van der Waals surface area contributed by atoms with E-state index < -0.39 is 11.7 Å². The van der Waals surface area contributed by atoms with Crippen LogP contribution < -0.4 is 9.47 Å². The fourth-order valence-electron chi connectivity index (χ4n) is 5.91. The third-order valence-corrected chi connectivity index (χ3v) is 7.70. The zero-order valence-corrected chi connectivity index (χ0v) is 21.7. The van der Waals surface area contributed by atoms with Gasteiger partial charge in [0.25, 0.3) is 0 Å². The lowest BCUT2D eigenvalue weighted by molar-refractivity contribution is -0.239. The third-order valence-electron chi connectivity index (χ3n) is 7.70. The van der Waals surface area contributed by atoms with Gasteiger partial charge in [0.05, 0.1) is 39.4 Å². The zero-order valence-electron chi connectivity index (χ0n) is 21.7. The molecule has 5 atom stereocenters. The lowest BCUT2D eigenvalue weighted by Crippen LogP contribution is -2.50. The van der Waals surface area contributed by atoms with Crippen molar-refractivity contribution in [1.29, 1.82) is 0 Å². The Morgan fingerprint density at radius 1 is 1.00 bits per heavy atom. The Hall–Kier alpha value is -3.10. The summed E-state index contributed by atoms with van der Waals surface area (Å²) in [6, 6.07) is 16.4. The van der Waals surface area contributed by atoms with Gasteiger partial charge in [-0.2, -0.15) is 0 Å². The summed E-state index contributed by atoms with van der Waals surface area (Å²) in [5.74, 6) is 0.853. The van der Waals surface area contributed by atoms with Gasteiger partial charge in [0.1, 0.15) is 17.6 Å². The first-order valence-corrected chi connectivity index (χ1v) is 12.7. The number of ether oxygens (including phenoxy) is 6. The van der Waals surface area contributed by atoms with Crippen molar-refractivity contribution in [3.05, 3.63) is 60.2 Å². The fraction of sp³-hybridized carbons (Fsp3) is 0.517. The Labute approximate surface area is 218 Å². The topological polar surface area (TPSA) is 89.5 Å². The number of rotatable bonds is 11. The summed E-state index contributed by atoms with van der Waals surface area (Å²) in [6.45, 7) is 0.943. The van der Waals surface area contributed by atoms with Crippen LogP contribution in [-0.4, -0.2) is 58.9 Å². The highest BCUT2D eigenvalue weighted by molar-refractivity contribution is 5.89. The standard InChI is InChI=1S/C29H36O8/c1-32-22-11-13-23(14-12-22)35-15-7-10-25-28(34-3)36-19-21-16-24(17-29(21,25)18-26(30)33-2)37-27(31)20-8-5-4-6-9-20/h4-6,8-9,11-14,21,24-25,28H,7,10,15-19H2,1-3H3/t21-,24+,25+,28+,29+/m1/s1. The predicted molar refractivity (Wildman–Crippen MR) is 135 cm³/mol. The average Bonchev–Trinajstić information content (AvgIpc) is 3.29. The lowest BCUT2D eigenvalue weighted by atomic mass is 9.63. The van der Waals surface area contributed by atoms with E-state index in [0.717, 1.165) is 24.3 Å². The van der Waals surface area contributed by atoms with Crippen molar-refractivity contribution in [3.8, 4) is 11.5 Å². The van der Waals surface area contributed by atoms with E-state index in [4.69, 9.17) is 28.4 Å².